The van der Waals surface area contributed by atoms with Gasteiger partial charge in [-0.25, -0.2) is 0 Å². The molecule has 0 N–H and O–H groups in total. The number of carbonyl (C=O) groups excluding carboxylic acids is 1. The normalized spacial score (nSPS) is 14.0. The predicted octanol–water partition coefficient (Wildman–Crippen LogP) is 4.35. The molecule has 1 aromatic carbocycles. The van der Waals surface area contributed by atoms with Crippen molar-refractivity contribution in [1.29, 1.82) is 5.26 Å². The molecule has 0 radical (unpaired) electrons. The lowest BCUT2D eigenvalue weighted by Crippen LogP contribution is -1.99. The van der Waals surface area contributed by atoms with E-state index in [0.717, 1.165) is 6.42 Å². The SMILES string of the molecule is N#C/C(=C\c1cc(Cl)c2c(c1)OCCCO2)C(=O)c1cccs1. The van der Waals surface area contributed by atoms with Crippen molar-refractivity contribution in [2.45, 2.75) is 6.42 Å². The lowest BCUT2D eigenvalue weighted by molar-refractivity contribution is 0.104. The van der Waals surface area contributed by atoms with Gasteiger partial charge in [-0.1, -0.05) is 17.7 Å². The van der Waals surface area contributed by atoms with Gasteiger partial charge in [-0.2, -0.15) is 5.26 Å². The van der Waals surface area contributed by atoms with Crippen LogP contribution in [0.25, 0.3) is 6.08 Å². The monoisotopic (exact) mass is 345 g/mol. The molecule has 0 spiro atoms. The van der Waals surface area contributed by atoms with Crippen LogP contribution in [-0.4, -0.2) is 19.0 Å². The van der Waals surface area contributed by atoms with Crippen molar-refractivity contribution in [3.05, 3.63) is 50.7 Å². The van der Waals surface area contributed by atoms with Gasteiger partial charge in [0.25, 0.3) is 0 Å². The van der Waals surface area contributed by atoms with E-state index in [4.69, 9.17) is 21.1 Å². The van der Waals surface area contributed by atoms with Crippen molar-refractivity contribution < 1.29 is 14.3 Å². The highest BCUT2D eigenvalue weighted by Crippen LogP contribution is 2.38. The van der Waals surface area contributed by atoms with E-state index in [2.05, 4.69) is 0 Å². The van der Waals surface area contributed by atoms with Crippen LogP contribution in [0.2, 0.25) is 5.02 Å². The van der Waals surface area contributed by atoms with Gasteiger partial charge in [0.05, 0.1) is 23.1 Å². The number of rotatable bonds is 3. The molecule has 1 aliphatic heterocycles. The Morgan fingerprint density at radius 1 is 1.35 bits per heavy atom. The van der Waals surface area contributed by atoms with Crippen molar-refractivity contribution in [2.24, 2.45) is 0 Å². The average molecular weight is 346 g/mol. The molecule has 0 saturated carbocycles. The molecule has 0 bridgehead atoms. The number of fused-ring (bicyclic) bond motifs is 1. The Morgan fingerprint density at radius 3 is 2.91 bits per heavy atom. The summed E-state index contributed by atoms with van der Waals surface area (Å²) in [4.78, 5) is 12.8. The second kappa shape index (κ2) is 6.86. The number of hydrogen-bond acceptors (Lipinski definition) is 5. The highest BCUT2D eigenvalue weighted by molar-refractivity contribution is 7.12. The molecule has 0 unspecified atom stereocenters. The van der Waals surface area contributed by atoms with Crippen LogP contribution in [0.1, 0.15) is 21.7 Å². The van der Waals surface area contributed by atoms with E-state index >= 15 is 0 Å². The van der Waals surface area contributed by atoms with Gasteiger partial charge in [-0.05, 0) is 35.2 Å². The van der Waals surface area contributed by atoms with Crippen molar-refractivity contribution in [2.75, 3.05) is 13.2 Å². The molecule has 2 aromatic rings. The summed E-state index contributed by atoms with van der Waals surface area (Å²) < 4.78 is 11.2. The number of nitriles is 1. The lowest BCUT2D eigenvalue weighted by atomic mass is 10.1. The smallest absolute Gasteiger partial charge is 0.213 e. The first-order valence-electron chi connectivity index (χ1n) is 6.98. The third-order valence-corrected chi connectivity index (χ3v) is 4.39. The van der Waals surface area contributed by atoms with E-state index in [1.807, 2.05) is 6.07 Å². The predicted molar refractivity (Wildman–Crippen MR) is 89.3 cm³/mol. The van der Waals surface area contributed by atoms with Gasteiger partial charge in [0.1, 0.15) is 11.6 Å². The Labute approximate surface area is 142 Å². The van der Waals surface area contributed by atoms with Crippen LogP contribution < -0.4 is 9.47 Å². The maximum absolute atomic E-state index is 12.3. The van der Waals surface area contributed by atoms with Gasteiger partial charge >= 0.3 is 0 Å². The standard InChI is InChI=1S/C17H12ClNO3S/c18-13-8-11(9-14-17(13)22-5-2-4-21-14)7-12(10-19)16(20)15-3-1-6-23-15/h1,3,6-9H,2,4-5H2/b12-7+. The Kier molecular flexibility index (Phi) is 4.65. The number of halogens is 1. The molecule has 0 atom stereocenters. The molecule has 1 aliphatic rings. The summed E-state index contributed by atoms with van der Waals surface area (Å²) in [6.45, 7) is 1.08. The zero-order valence-corrected chi connectivity index (χ0v) is 13.6. The van der Waals surface area contributed by atoms with Crippen LogP contribution in [0.15, 0.2) is 35.2 Å². The minimum absolute atomic E-state index is 0.0537. The van der Waals surface area contributed by atoms with Crippen molar-refractivity contribution in [1.82, 2.24) is 0 Å². The summed E-state index contributed by atoms with van der Waals surface area (Å²) in [6.07, 6.45) is 2.29. The van der Waals surface area contributed by atoms with Gasteiger partial charge < -0.3 is 9.47 Å². The number of Topliss-reactive ketones (excluding diaryl/α,β-unsaturated/α-hetero) is 1. The second-order valence-corrected chi connectivity index (χ2v) is 6.21. The van der Waals surface area contributed by atoms with Crippen LogP contribution in [0, 0.1) is 11.3 Å². The number of allylic oxidation sites excluding steroid dienone is 1. The van der Waals surface area contributed by atoms with Gasteiger partial charge in [-0.15, -0.1) is 11.3 Å². The largest absolute Gasteiger partial charge is 0.489 e. The maximum atomic E-state index is 12.3. The Bertz CT molecular complexity index is 806. The average Bonchev–Trinajstić information content (AvgIpc) is 2.98. The summed E-state index contributed by atoms with van der Waals surface area (Å²) in [5.74, 6) is 0.734. The summed E-state index contributed by atoms with van der Waals surface area (Å²) in [5, 5.41) is 11.5. The van der Waals surface area contributed by atoms with Gasteiger partial charge in [0.15, 0.2) is 11.5 Å². The topological polar surface area (TPSA) is 59.3 Å². The quantitative estimate of drug-likeness (QED) is 0.471. The third-order valence-electron chi connectivity index (χ3n) is 3.25. The van der Waals surface area contributed by atoms with E-state index < -0.39 is 0 Å². The summed E-state index contributed by atoms with van der Waals surface area (Å²) in [6, 6.07) is 8.81. The zero-order valence-electron chi connectivity index (χ0n) is 12.0. The minimum Gasteiger partial charge on any atom is -0.489 e. The zero-order chi connectivity index (χ0) is 16.2. The molecule has 0 saturated heterocycles. The van der Waals surface area contributed by atoms with Crippen molar-refractivity contribution in [3.63, 3.8) is 0 Å². The lowest BCUT2D eigenvalue weighted by Gasteiger charge is -2.10. The summed E-state index contributed by atoms with van der Waals surface area (Å²) >= 11 is 7.53. The Hall–Kier alpha value is -2.29. The highest BCUT2D eigenvalue weighted by Gasteiger charge is 2.17. The minimum atomic E-state index is -0.300. The molecule has 6 heteroatoms. The number of nitrogens with zero attached hydrogens (tertiary/aromatic N) is 1. The molecule has 3 rings (SSSR count). The number of ketones is 1. The molecule has 0 aliphatic carbocycles. The van der Waals surface area contributed by atoms with E-state index in [1.165, 1.54) is 17.4 Å². The number of ether oxygens (including phenoxy) is 2. The van der Waals surface area contributed by atoms with Crippen molar-refractivity contribution >= 4 is 34.8 Å². The number of benzene rings is 1. The van der Waals surface area contributed by atoms with Gasteiger partial charge in [0.2, 0.25) is 5.78 Å². The van der Waals surface area contributed by atoms with E-state index in [0.29, 0.717) is 40.2 Å². The third kappa shape index (κ3) is 3.39. The van der Waals surface area contributed by atoms with E-state index in [1.54, 1.807) is 29.6 Å². The molecular formula is C17H12ClNO3S. The van der Waals surface area contributed by atoms with Crippen LogP contribution in [0.4, 0.5) is 0 Å². The van der Waals surface area contributed by atoms with Gasteiger partial charge in [-0.3, -0.25) is 4.79 Å². The maximum Gasteiger partial charge on any atom is 0.213 e. The first kappa shape index (κ1) is 15.6. The van der Waals surface area contributed by atoms with Crippen LogP contribution >= 0.6 is 22.9 Å². The summed E-state index contributed by atoms with van der Waals surface area (Å²) in [7, 11) is 0. The molecule has 0 amide bonds. The van der Waals surface area contributed by atoms with Crippen LogP contribution in [0.3, 0.4) is 0 Å². The fraction of sp³-hybridized carbons (Fsp3) is 0.176. The first-order valence-corrected chi connectivity index (χ1v) is 8.24. The summed E-state index contributed by atoms with van der Waals surface area (Å²) in [5.41, 5.74) is 0.679. The molecule has 23 heavy (non-hydrogen) atoms. The van der Waals surface area contributed by atoms with Gasteiger partial charge in [0, 0.05) is 6.42 Å². The first-order chi connectivity index (χ1) is 11.2. The number of hydrogen-bond donors (Lipinski definition) is 0. The molecule has 1 aromatic heterocycles. The second-order valence-electron chi connectivity index (χ2n) is 4.86. The van der Waals surface area contributed by atoms with Crippen molar-refractivity contribution in [3.8, 4) is 17.6 Å². The number of carbonyl (C=O) groups is 1. The highest BCUT2D eigenvalue weighted by atomic mass is 35.5. The molecular weight excluding hydrogens is 334 g/mol. The molecule has 2 heterocycles. The molecule has 4 nitrogen and oxygen atoms in total. The van der Waals surface area contributed by atoms with Crippen LogP contribution in [0.5, 0.6) is 11.5 Å². The molecule has 0 fully saturated rings. The van der Waals surface area contributed by atoms with E-state index in [9.17, 15) is 10.1 Å². The van der Waals surface area contributed by atoms with Crippen LogP contribution in [-0.2, 0) is 0 Å². The fourth-order valence-corrected chi connectivity index (χ4v) is 3.14. The fourth-order valence-electron chi connectivity index (χ4n) is 2.19. The van der Waals surface area contributed by atoms with E-state index in [-0.39, 0.29) is 11.4 Å². The molecule has 116 valence electrons. The Morgan fingerprint density at radius 2 is 2.17 bits per heavy atom. The number of thiophene rings is 1. The Balaban J connectivity index is 1.98.